The van der Waals surface area contributed by atoms with E-state index >= 15 is 0 Å². The minimum Gasteiger partial charge on any atom is -0.393 e. The number of rotatable bonds is 6. The summed E-state index contributed by atoms with van der Waals surface area (Å²) in [5, 5.41) is 9.94. The first kappa shape index (κ1) is 14.8. The van der Waals surface area contributed by atoms with Gasteiger partial charge in [-0.05, 0) is 30.5 Å². The first-order chi connectivity index (χ1) is 9.74. The number of aryl methyl sites for hydroxylation is 1. The molecule has 0 bridgehead atoms. The molecule has 0 aliphatic heterocycles. The van der Waals surface area contributed by atoms with E-state index in [2.05, 4.69) is 0 Å². The quantitative estimate of drug-likeness (QED) is 0.823. The van der Waals surface area contributed by atoms with Gasteiger partial charge in [-0.2, -0.15) is 0 Å². The summed E-state index contributed by atoms with van der Waals surface area (Å²) in [6.45, 7) is 0. The maximum absolute atomic E-state index is 11.8. The first-order valence-electron chi connectivity index (χ1n) is 6.72. The van der Waals surface area contributed by atoms with E-state index in [0.29, 0.717) is 6.42 Å². The molecule has 0 unspecified atom stereocenters. The van der Waals surface area contributed by atoms with Crippen molar-refractivity contribution in [2.75, 3.05) is 0 Å². The Morgan fingerprint density at radius 2 is 1.60 bits per heavy atom. The minimum atomic E-state index is -0.570. The van der Waals surface area contributed by atoms with E-state index in [4.69, 9.17) is 0 Å². The Morgan fingerprint density at radius 1 is 1.00 bits per heavy atom. The Bertz CT molecular complexity index is 525. The average molecular weight is 286 g/mol. The number of thioether (sulfide) groups is 1. The van der Waals surface area contributed by atoms with Gasteiger partial charge in [0.05, 0.1) is 6.10 Å². The fraction of sp³-hybridized carbons (Fsp3) is 0.235. The molecule has 1 N–H and O–H groups in total. The zero-order valence-electron chi connectivity index (χ0n) is 11.2. The fourth-order valence-electron chi connectivity index (χ4n) is 1.93. The van der Waals surface area contributed by atoms with E-state index in [0.717, 1.165) is 11.3 Å². The minimum absolute atomic E-state index is 0.0109. The summed E-state index contributed by atoms with van der Waals surface area (Å²) in [6, 6.07) is 19.5. The molecular weight excluding hydrogens is 268 g/mol. The second-order valence-electron chi connectivity index (χ2n) is 4.67. The molecule has 104 valence electrons. The van der Waals surface area contributed by atoms with E-state index in [1.54, 1.807) is 0 Å². The number of hydrogen-bond donors (Lipinski definition) is 1. The van der Waals surface area contributed by atoms with Crippen LogP contribution in [0.5, 0.6) is 0 Å². The van der Waals surface area contributed by atoms with E-state index in [1.165, 1.54) is 17.3 Å². The van der Waals surface area contributed by atoms with Gasteiger partial charge in [-0.15, -0.1) is 0 Å². The smallest absolute Gasteiger partial charge is 0.196 e. The molecule has 0 aliphatic carbocycles. The van der Waals surface area contributed by atoms with Gasteiger partial charge in [0.25, 0.3) is 0 Å². The molecule has 3 heteroatoms. The molecule has 20 heavy (non-hydrogen) atoms. The highest BCUT2D eigenvalue weighted by molar-refractivity contribution is 8.13. The van der Waals surface area contributed by atoms with E-state index in [9.17, 15) is 9.90 Å². The molecule has 0 saturated carbocycles. The Labute approximate surface area is 123 Å². The van der Waals surface area contributed by atoms with E-state index in [-0.39, 0.29) is 11.5 Å². The predicted molar refractivity (Wildman–Crippen MR) is 82.7 cm³/mol. The highest BCUT2D eigenvalue weighted by Gasteiger charge is 2.12. The SMILES string of the molecule is O=C(C[C@@H](O)CCc1ccccc1)Sc1ccccc1. The number of carbonyl (C=O) groups is 1. The van der Waals surface area contributed by atoms with E-state index < -0.39 is 6.10 Å². The molecule has 0 amide bonds. The van der Waals surface area contributed by atoms with E-state index in [1.807, 2.05) is 60.7 Å². The number of aliphatic hydroxyl groups excluding tert-OH is 1. The number of carbonyl (C=O) groups excluding carboxylic acids is 1. The van der Waals surface area contributed by atoms with Crippen molar-refractivity contribution in [3.63, 3.8) is 0 Å². The van der Waals surface area contributed by atoms with Crippen molar-refractivity contribution in [2.24, 2.45) is 0 Å². The third-order valence-corrected chi connectivity index (χ3v) is 3.89. The average Bonchev–Trinajstić information content (AvgIpc) is 2.47. The van der Waals surface area contributed by atoms with Gasteiger partial charge in [0.1, 0.15) is 0 Å². The molecule has 0 aromatic heterocycles. The van der Waals surface area contributed by atoms with Crippen LogP contribution in [0.3, 0.4) is 0 Å². The molecule has 1 atom stereocenters. The van der Waals surface area contributed by atoms with Crippen LogP contribution in [0.25, 0.3) is 0 Å². The van der Waals surface area contributed by atoms with Crippen molar-refractivity contribution in [3.05, 3.63) is 66.2 Å². The molecule has 0 aliphatic rings. The summed E-state index contributed by atoms with van der Waals surface area (Å²) < 4.78 is 0. The van der Waals surface area contributed by atoms with Crippen molar-refractivity contribution < 1.29 is 9.90 Å². The van der Waals surface area contributed by atoms with Crippen LogP contribution in [0, 0.1) is 0 Å². The van der Waals surface area contributed by atoms with Crippen LogP contribution in [-0.4, -0.2) is 16.3 Å². The van der Waals surface area contributed by atoms with Gasteiger partial charge in [-0.1, -0.05) is 60.3 Å². The molecule has 0 spiro atoms. The zero-order chi connectivity index (χ0) is 14.2. The van der Waals surface area contributed by atoms with Gasteiger partial charge in [-0.25, -0.2) is 0 Å². The second kappa shape index (κ2) is 7.88. The van der Waals surface area contributed by atoms with Crippen LogP contribution in [-0.2, 0) is 11.2 Å². The maximum atomic E-state index is 11.8. The maximum Gasteiger partial charge on any atom is 0.196 e. The Morgan fingerprint density at radius 3 is 2.25 bits per heavy atom. The van der Waals surface area contributed by atoms with Crippen LogP contribution < -0.4 is 0 Å². The van der Waals surface area contributed by atoms with Gasteiger partial charge >= 0.3 is 0 Å². The molecule has 0 saturated heterocycles. The Hall–Kier alpha value is -1.58. The van der Waals surface area contributed by atoms with Crippen molar-refractivity contribution in [3.8, 4) is 0 Å². The molecule has 0 heterocycles. The molecule has 0 radical (unpaired) electrons. The van der Waals surface area contributed by atoms with Gasteiger partial charge in [-0.3, -0.25) is 4.79 Å². The zero-order valence-corrected chi connectivity index (χ0v) is 12.1. The molecule has 2 nitrogen and oxygen atoms in total. The highest BCUT2D eigenvalue weighted by atomic mass is 32.2. The van der Waals surface area contributed by atoms with Crippen molar-refractivity contribution in [1.29, 1.82) is 0 Å². The number of hydrogen-bond acceptors (Lipinski definition) is 3. The van der Waals surface area contributed by atoms with Crippen LogP contribution >= 0.6 is 11.8 Å². The Balaban J connectivity index is 1.74. The summed E-state index contributed by atoms with van der Waals surface area (Å²) in [4.78, 5) is 12.8. The van der Waals surface area contributed by atoms with Crippen molar-refractivity contribution in [1.82, 2.24) is 0 Å². The number of benzene rings is 2. The van der Waals surface area contributed by atoms with Gasteiger partial charge in [0.2, 0.25) is 0 Å². The normalized spacial score (nSPS) is 12.1. The van der Waals surface area contributed by atoms with Gasteiger partial charge in [0.15, 0.2) is 5.12 Å². The van der Waals surface area contributed by atoms with Crippen LogP contribution in [0.15, 0.2) is 65.6 Å². The van der Waals surface area contributed by atoms with Crippen LogP contribution in [0.2, 0.25) is 0 Å². The summed E-state index contributed by atoms with van der Waals surface area (Å²) in [5.41, 5.74) is 1.19. The largest absolute Gasteiger partial charge is 0.393 e. The third kappa shape index (κ3) is 5.19. The Kier molecular flexibility index (Phi) is 5.84. The first-order valence-corrected chi connectivity index (χ1v) is 7.53. The molecular formula is C17H18O2S. The lowest BCUT2D eigenvalue weighted by Crippen LogP contribution is -2.12. The lowest BCUT2D eigenvalue weighted by atomic mass is 10.1. The molecule has 2 aromatic carbocycles. The highest BCUT2D eigenvalue weighted by Crippen LogP contribution is 2.21. The lowest BCUT2D eigenvalue weighted by Gasteiger charge is -2.09. The predicted octanol–water partition coefficient (Wildman–Crippen LogP) is 3.69. The second-order valence-corrected chi connectivity index (χ2v) is 5.80. The van der Waals surface area contributed by atoms with Gasteiger partial charge < -0.3 is 5.11 Å². The summed E-state index contributed by atoms with van der Waals surface area (Å²) in [5.74, 6) is 0. The molecule has 2 aromatic rings. The summed E-state index contributed by atoms with van der Waals surface area (Å²) in [7, 11) is 0. The molecule has 0 fully saturated rings. The van der Waals surface area contributed by atoms with Crippen LogP contribution in [0.4, 0.5) is 0 Å². The lowest BCUT2D eigenvalue weighted by molar-refractivity contribution is -0.112. The summed E-state index contributed by atoms with van der Waals surface area (Å²) in [6.07, 6.45) is 1.04. The summed E-state index contributed by atoms with van der Waals surface area (Å²) >= 11 is 1.19. The molecule has 2 rings (SSSR count). The topological polar surface area (TPSA) is 37.3 Å². The van der Waals surface area contributed by atoms with Crippen molar-refractivity contribution >= 4 is 16.9 Å². The van der Waals surface area contributed by atoms with Crippen molar-refractivity contribution in [2.45, 2.75) is 30.3 Å². The number of aliphatic hydroxyl groups is 1. The fourth-order valence-corrected chi connectivity index (χ4v) is 2.77. The standard InChI is InChI=1S/C17H18O2S/c18-15(12-11-14-7-3-1-4-8-14)13-17(19)20-16-9-5-2-6-10-16/h1-10,15,18H,11-13H2/t15-/m0/s1. The third-order valence-electron chi connectivity index (χ3n) is 2.99. The van der Waals surface area contributed by atoms with Crippen LogP contribution in [0.1, 0.15) is 18.4 Å². The monoisotopic (exact) mass is 286 g/mol. The van der Waals surface area contributed by atoms with Gasteiger partial charge in [0, 0.05) is 11.3 Å².